The molecule has 2 aromatic rings. The van der Waals surface area contributed by atoms with E-state index in [1.165, 1.54) is 18.2 Å². The summed E-state index contributed by atoms with van der Waals surface area (Å²) < 4.78 is 27.0. The van der Waals surface area contributed by atoms with Crippen LogP contribution in [0.2, 0.25) is 0 Å². The van der Waals surface area contributed by atoms with Crippen molar-refractivity contribution in [1.82, 2.24) is 5.32 Å². The van der Waals surface area contributed by atoms with Crippen LogP contribution >= 0.6 is 11.8 Å². The van der Waals surface area contributed by atoms with Gasteiger partial charge in [-0.15, -0.1) is 11.8 Å². The summed E-state index contributed by atoms with van der Waals surface area (Å²) in [5.74, 6) is 0.163. The standard InChI is InChI=1S/C18H17F2NOS/c19-13-6-7-17-14(11-13)16(9-10-23-17)21-18(22)8-5-12-3-1-2-4-15(12)20/h1-4,6-7,11,16H,5,8-10H2,(H,21,22). The first kappa shape index (κ1) is 16.0. The van der Waals surface area contributed by atoms with E-state index >= 15 is 0 Å². The van der Waals surface area contributed by atoms with Gasteiger partial charge in [0.05, 0.1) is 6.04 Å². The van der Waals surface area contributed by atoms with E-state index in [9.17, 15) is 13.6 Å². The zero-order valence-corrected chi connectivity index (χ0v) is 13.3. The number of halogens is 2. The fourth-order valence-electron chi connectivity index (χ4n) is 2.73. The normalized spacial score (nSPS) is 16.7. The van der Waals surface area contributed by atoms with Gasteiger partial charge in [0, 0.05) is 17.1 Å². The lowest BCUT2D eigenvalue weighted by atomic mass is 10.0. The number of carbonyl (C=O) groups is 1. The summed E-state index contributed by atoms with van der Waals surface area (Å²) in [4.78, 5) is 13.2. The van der Waals surface area contributed by atoms with Gasteiger partial charge in [0.1, 0.15) is 11.6 Å². The molecule has 0 aromatic heterocycles. The molecule has 1 N–H and O–H groups in total. The van der Waals surface area contributed by atoms with Gasteiger partial charge in [0.2, 0.25) is 5.91 Å². The lowest BCUT2D eigenvalue weighted by molar-refractivity contribution is -0.121. The third kappa shape index (κ3) is 3.91. The zero-order valence-electron chi connectivity index (χ0n) is 12.5. The van der Waals surface area contributed by atoms with Crippen molar-refractivity contribution in [3.05, 3.63) is 65.2 Å². The van der Waals surface area contributed by atoms with Crippen LogP contribution in [-0.2, 0) is 11.2 Å². The van der Waals surface area contributed by atoms with E-state index in [0.717, 1.165) is 22.6 Å². The summed E-state index contributed by atoms with van der Waals surface area (Å²) in [6.07, 6.45) is 1.35. The molecule has 0 saturated carbocycles. The molecule has 0 bridgehead atoms. The first-order valence-corrected chi connectivity index (χ1v) is 8.57. The quantitative estimate of drug-likeness (QED) is 0.906. The molecular weight excluding hydrogens is 316 g/mol. The molecule has 2 aromatic carbocycles. The number of carbonyl (C=O) groups excluding carboxylic acids is 1. The highest BCUT2D eigenvalue weighted by molar-refractivity contribution is 7.99. The molecule has 0 saturated heterocycles. The Morgan fingerprint density at radius 1 is 1.22 bits per heavy atom. The van der Waals surface area contributed by atoms with Gasteiger partial charge in [-0.05, 0) is 48.2 Å². The molecule has 1 heterocycles. The van der Waals surface area contributed by atoms with Crippen molar-refractivity contribution in [1.29, 1.82) is 0 Å². The van der Waals surface area contributed by atoms with Gasteiger partial charge in [-0.3, -0.25) is 4.79 Å². The zero-order chi connectivity index (χ0) is 16.2. The van der Waals surface area contributed by atoms with Crippen molar-refractivity contribution in [3.63, 3.8) is 0 Å². The van der Waals surface area contributed by atoms with E-state index in [2.05, 4.69) is 5.32 Å². The topological polar surface area (TPSA) is 29.1 Å². The van der Waals surface area contributed by atoms with E-state index in [1.54, 1.807) is 36.0 Å². The molecule has 1 unspecified atom stereocenters. The Bertz CT molecular complexity index is 720. The number of hydrogen-bond donors (Lipinski definition) is 1. The Labute approximate surface area is 138 Å². The largest absolute Gasteiger partial charge is 0.349 e. The van der Waals surface area contributed by atoms with Crippen molar-refractivity contribution >= 4 is 17.7 Å². The van der Waals surface area contributed by atoms with E-state index in [0.29, 0.717) is 12.0 Å². The molecule has 23 heavy (non-hydrogen) atoms. The monoisotopic (exact) mass is 333 g/mol. The van der Waals surface area contributed by atoms with Crippen molar-refractivity contribution in [3.8, 4) is 0 Å². The summed E-state index contributed by atoms with van der Waals surface area (Å²) in [5.41, 5.74) is 1.37. The maximum Gasteiger partial charge on any atom is 0.220 e. The van der Waals surface area contributed by atoms with Crippen molar-refractivity contribution in [2.45, 2.75) is 30.2 Å². The number of aryl methyl sites for hydroxylation is 1. The minimum atomic E-state index is -0.295. The third-order valence-electron chi connectivity index (χ3n) is 3.93. The first-order chi connectivity index (χ1) is 11.1. The van der Waals surface area contributed by atoms with Crippen LogP contribution < -0.4 is 5.32 Å². The molecular formula is C18H17F2NOS. The van der Waals surface area contributed by atoms with E-state index in [1.807, 2.05) is 0 Å². The first-order valence-electron chi connectivity index (χ1n) is 7.58. The van der Waals surface area contributed by atoms with Gasteiger partial charge in [-0.2, -0.15) is 0 Å². The van der Waals surface area contributed by atoms with Crippen LogP contribution in [-0.4, -0.2) is 11.7 Å². The highest BCUT2D eigenvalue weighted by Crippen LogP contribution is 2.36. The van der Waals surface area contributed by atoms with E-state index in [-0.39, 0.29) is 30.0 Å². The number of rotatable bonds is 4. The summed E-state index contributed by atoms with van der Waals surface area (Å²) in [6, 6.07) is 11.0. The fourth-order valence-corrected chi connectivity index (χ4v) is 3.84. The van der Waals surface area contributed by atoms with Crippen LogP contribution in [0, 0.1) is 11.6 Å². The van der Waals surface area contributed by atoms with Gasteiger partial charge in [0.25, 0.3) is 0 Å². The van der Waals surface area contributed by atoms with Crippen molar-refractivity contribution in [2.24, 2.45) is 0 Å². The molecule has 0 radical (unpaired) electrons. The Hall–Kier alpha value is -1.88. The molecule has 0 fully saturated rings. The number of thioether (sulfide) groups is 1. The molecule has 3 rings (SSSR count). The van der Waals surface area contributed by atoms with Crippen LogP contribution in [0.15, 0.2) is 47.4 Å². The second-order valence-electron chi connectivity index (χ2n) is 5.53. The lowest BCUT2D eigenvalue weighted by Crippen LogP contribution is -2.30. The Morgan fingerprint density at radius 3 is 2.87 bits per heavy atom. The third-order valence-corrected chi connectivity index (χ3v) is 5.05. The van der Waals surface area contributed by atoms with Gasteiger partial charge < -0.3 is 5.32 Å². The minimum Gasteiger partial charge on any atom is -0.349 e. The number of hydrogen-bond acceptors (Lipinski definition) is 2. The van der Waals surface area contributed by atoms with Crippen LogP contribution in [0.25, 0.3) is 0 Å². The Morgan fingerprint density at radius 2 is 2.04 bits per heavy atom. The lowest BCUT2D eigenvalue weighted by Gasteiger charge is -2.26. The average molecular weight is 333 g/mol. The molecule has 2 nitrogen and oxygen atoms in total. The summed E-state index contributed by atoms with van der Waals surface area (Å²) >= 11 is 1.67. The molecule has 1 atom stereocenters. The summed E-state index contributed by atoms with van der Waals surface area (Å²) in [5, 5.41) is 2.95. The maximum absolute atomic E-state index is 13.6. The number of amides is 1. The van der Waals surface area contributed by atoms with Crippen LogP contribution in [0.3, 0.4) is 0 Å². The molecule has 5 heteroatoms. The smallest absolute Gasteiger partial charge is 0.220 e. The Kier molecular flexibility index (Phi) is 4.96. The number of nitrogens with one attached hydrogen (secondary N) is 1. The van der Waals surface area contributed by atoms with Crippen LogP contribution in [0.1, 0.15) is 30.0 Å². The number of benzene rings is 2. The average Bonchev–Trinajstić information content (AvgIpc) is 2.55. The second-order valence-corrected chi connectivity index (χ2v) is 6.67. The highest BCUT2D eigenvalue weighted by atomic mass is 32.2. The highest BCUT2D eigenvalue weighted by Gasteiger charge is 2.22. The second kappa shape index (κ2) is 7.13. The molecule has 0 aliphatic carbocycles. The molecule has 1 amide bonds. The molecule has 120 valence electrons. The summed E-state index contributed by atoms with van der Waals surface area (Å²) in [7, 11) is 0. The fraction of sp³-hybridized carbons (Fsp3) is 0.278. The predicted molar refractivity (Wildman–Crippen MR) is 87.3 cm³/mol. The van der Waals surface area contributed by atoms with Gasteiger partial charge in [0.15, 0.2) is 0 Å². The SMILES string of the molecule is O=C(CCc1ccccc1F)NC1CCSc2ccc(F)cc21. The Balaban J connectivity index is 1.63. The molecule has 0 spiro atoms. The van der Waals surface area contributed by atoms with Gasteiger partial charge >= 0.3 is 0 Å². The van der Waals surface area contributed by atoms with Crippen molar-refractivity contribution in [2.75, 3.05) is 5.75 Å². The minimum absolute atomic E-state index is 0.139. The van der Waals surface area contributed by atoms with E-state index < -0.39 is 0 Å². The van der Waals surface area contributed by atoms with Gasteiger partial charge in [-0.1, -0.05) is 18.2 Å². The molecule has 1 aliphatic rings. The van der Waals surface area contributed by atoms with Crippen LogP contribution in [0.5, 0.6) is 0 Å². The predicted octanol–water partition coefficient (Wildman–Crippen LogP) is 4.25. The molecule has 1 aliphatic heterocycles. The van der Waals surface area contributed by atoms with Crippen LogP contribution in [0.4, 0.5) is 8.78 Å². The van der Waals surface area contributed by atoms with Gasteiger partial charge in [-0.25, -0.2) is 8.78 Å². The summed E-state index contributed by atoms with van der Waals surface area (Å²) in [6.45, 7) is 0. The van der Waals surface area contributed by atoms with Crippen molar-refractivity contribution < 1.29 is 13.6 Å². The van der Waals surface area contributed by atoms with E-state index in [4.69, 9.17) is 0 Å². The maximum atomic E-state index is 13.6. The number of fused-ring (bicyclic) bond motifs is 1.